The number of allylic oxidation sites excluding steroid dienone is 1. The van der Waals surface area contributed by atoms with Crippen LogP contribution in [0.4, 0.5) is 0 Å². The van der Waals surface area contributed by atoms with Gasteiger partial charge in [0.2, 0.25) is 0 Å². The minimum absolute atomic E-state index is 0.0178. The number of ether oxygens (including phenoxy) is 1. The molecule has 0 saturated heterocycles. The number of carbonyl (C=O) groups is 1. The fourth-order valence-corrected chi connectivity index (χ4v) is 2.27. The van der Waals surface area contributed by atoms with Crippen molar-refractivity contribution < 1.29 is 9.53 Å². The standard InChI is InChI=1S/C17H15BrO2/c1-12-4-3-5-13(10-12)16(19)8-6-14-11-15(18)7-9-17(14)20-2/h3-11H,1-2H3/b8-6+. The molecule has 0 amide bonds. The Bertz CT molecular complexity index is 660. The third-order valence-corrected chi connectivity index (χ3v) is 3.40. The molecule has 0 aromatic heterocycles. The first-order valence-electron chi connectivity index (χ1n) is 6.23. The summed E-state index contributed by atoms with van der Waals surface area (Å²) in [6.45, 7) is 1.97. The Balaban J connectivity index is 2.25. The van der Waals surface area contributed by atoms with Crippen molar-refractivity contribution in [3.63, 3.8) is 0 Å². The van der Waals surface area contributed by atoms with Gasteiger partial charge in [-0.1, -0.05) is 39.7 Å². The van der Waals surface area contributed by atoms with E-state index in [0.29, 0.717) is 5.56 Å². The summed E-state index contributed by atoms with van der Waals surface area (Å²) < 4.78 is 6.22. The molecule has 2 nitrogen and oxygen atoms in total. The third-order valence-electron chi connectivity index (χ3n) is 2.91. The molecule has 0 aliphatic rings. The average molecular weight is 331 g/mol. The molecule has 2 aromatic carbocycles. The van der Waals surface area contributed by atoms with Gasteiger partial charge in [0, 0.05) is 15.6 Å². The van der Waals surface area contributed by atoms with Crippen LogP contribution >= 0.6 is 15.9 Å². The van der Waals surface area contributed by atoms with Crippen LogP contribution in [0.1, 0.15) is 21.5 Å². The highest BCUT2D eigenvalue weighted by molar-refractivity contribution is 9.10. The fraction of sp³-hybridized carbons (Fsp3) is 0.118. The quantitative estimate of drug-likeness (QED) is 0.601. The number of methoxy groups -OCH3 is 1. The van der Waals surface area contributed by atoms with E-state index >= 15 is 0 Å². The zero-order chi connectivity index (χ0) is 14.5. The first kappa shape index (κ1) is 14.5. The highest BCUT2D eigenvalue weighted by Gasteiger charge is 2.04. The summed E-state index contributed by atoms with van der Waals surface area (Å²) in [7, 11) is 1.61. The minimum atomic E-state index is -0.0178. The van der Waals surface area contributed by atoms with E-state index in [1.54, 1.807) is 19.3 Å². The molecular weight excluding hydrogens is 316 g/mol. The molecule has 0 radical (unpaired) electrons. The second kappa shape index (κ2) is 6.53. The van der Waals surface area contributed by atoms with Gasteiger partial charge in [-0.15, -0.1) is 0 Å². The molecule has 0 aliphatic heterocycles. The molecule has 0 fully saturated rings. The largest absolute Gasteiger partial charge is 0.496 e. The number of hydrogen-bond donors (Lipinski definition) is 0. The normalized spacial score (nSPS) is 10.8. The lowest BCUT2D eigenvalue weighted by Gasteiger charge is -2.04. The number of hydrogen-bond acceptors (Lipinski definition) is 2. The summed E-state index contributed by atoms with van der Waals surface area (Å²) >= 11 is 3.41. The first-order chi connectivity index (χ1) is 9.60. The van der Waals surface area contributed by atoms with Gasteiger partial charge in [-0.3, -0.25) is 4.79 Å². The predicted octanol–water partition coefficient (Wildman–Crippen LogP) is 4.66. The van der Waals surface area contributed by atoms with Gasteiger partial charge in [-0.2, -0.15) is 0 Å². The summed E-state index contributed by atoms with van der Waals surface area (Å²) in [4.78, 5) is 12.1. The maximum Gasteiger partial charge on any atom is 0.185 e. The van der Waals surface area contributed by atoms with E-state index in [1.807, 2.05) is 49.4 Å². The van der Waals surface area contributed by atoms with Gasteiger partial charge in [0.05, 0.1) is 7.11 Å². The van der Waals surface area contributed by atoms with Crippen molar-refractivity contribution in [3.05, 3.63) is 69.7 Å². The van der Waals surface area contributed by atoms with Crippen LogP contribution in [-0.4, -0.2) is 12.9 Å². The van der Waals surface area contributed by atoms with Crippen LogP contribution in [0.2, 0.25) is 0 Å². The molecule has 20 heavy (non-hydrogen) atoms. The maximum atomic E-state index is 12.1. The van der Waals surface area contributed by atoms with Gasteiger partial charge >= 0.3 is 0 Å². The van der Waals surface area contributed by atoms with Crippen molar-refractivity contribution in [2.24, 2.45) is 0 Å². The number of carbonyl (C=O) groups excluding carboxylic acids is 1. The molecule has 0 spiro atoms. The molecule has 0 N–H and O–H groups in total. The Hall–Kier alpha value is -1.87. The van der Waals surface area contributed by atoms with E-state index in [2.05, 4.69) is 15.9 Å². The van der Waals surface area contributed by atoms with E-state index in [4.69, 9.17) is 4.74 Å². The molecule has 0 saturated carbocycles. The summed E-state index contributed by atoms with van der Waals surface area (Å²) in [5.41, 5.74) is 2.63. The smallest absolute Gasteiger partial charge is 0.185 e. The van der Waals surface area contributed by atoms with Crippen molar-refractivity contribution >= 4 is 27.8 Å². The van der Waals surface area contributed by atoms with E-state index in [0.717, 1.165) is 21.3 Å². The minimum Gasteiger partial charge on any atom is -0.496 e. The van der Waals surface area contributed by atoms with Gasteiger partial charge in [0.25, 0.3) is 0 Å². The zero-order valence-corrected chi connectivity index (χ0v) is 13.0. The van der Waals surface area contributed by atoms with Gasteiger partial charge < -0.3 is 4.74 Å². The molecule has 0 unspecified atom stereocenters. The summed E-state index contributed by atoms with van der Waals surface area (Å²) in [5, 5.41) is 0. The van der Waals surface area contributed by atoms with Gasteiger partial charge in [0.15, 0.2) is 5.78 Å². The zero-order valence-electron chi connectivity index (χ0n) is 11.4. The number of ketones is 1. The molecule has 102 valence electrons. The van der Waals surface area contributed by atoms with Crippen molar-refractivity contribution in [2.75, 3.05) is 7.11 Å². The number of halogens is 1. The van der Waals surface area contributed by atoms with E-state index in [9.17, 15) is 4.79 Å². The van der Waals surface area contributed by atoms with Gasteiger partial charge in [0.1, 0.15) is 5.75 Å². The Morgan fingerprint density at radius 1 is 1.20 bits per heavy atom. The van der Waals surface area contributed by atoms with E-state index < -0.39 is 0 Å². The van der Waals surface area contributed by atoms with Crippen molar-refractivity contribution in [2.45, 2.75) is 6.92 Å². The van der Waals surface area contributed by atoms with Crippen molar-refractivity contribution in [3.8, 4) is 5.75 Å². The number of rotatable bonds is 4. The maximum absolute atomic E-state index is 12.1. The van der Waals surface area contributed by atoms with Crippen molar-refractivity contribution in [1.82, 2.24) is 0 Å². The highest BCUT2D eigenvalue weighted by atomic mass is 79.9. The number of benzene rings is 2. The molecule has 0 aliphatic carbocycles. The number of aryl methyl sites for hydroxylation is 1. The predicted molar refractivity (Wildman–Crippen MR) is 85.2 cm³/mol. The topological polar surface area (TPSA) is 26.3 Å². The Morgan fingerprint density at radius 2 is 2.00 bits per heavy atom. The van der Waals surface area contributed by atoms with Gasteiger partial charge in [-0.25, -0.2) is 0 Å². The summed E-state index contributed by atoms with van der Waals surface area (Å²) in [6.07, 6.45) is 3.34. The summed E-state index contributed by atoms with van der Waals surface area (Å²) in [6, 6.07) is 13.2. The van der Waals surface area contributed by atoms with Crippen LogP contribution in [0, 0.1) is 6.92 Å². The van der Waals surface area contributed by atoms with E-state index in [-0.39, 0.29) is 5.78 Å². The molecular formula is C17H15BrO2. The second-order valence-electron chi connectivity index (χ2n) is 4.45. The Morgan fingerprint density at radius 3 is 2.70 bits per heavy atom. The van der Waals surface area contributed by atoms with E-state index in [1.165, 1.54) is 0 Å². The Labute approximate surface area is 127 Å². The van der Waals surface area contributed by atoms with Crippen LogP contribution in [0.3, 0.4) is 0 Å². The highest BCUT2D eigenvalue weighted by Crippen LogP contribution is 2.24. The molecule has 0 atom stereocenters. The third kappa shape index (κ3) is 3.58. The van der Waals surface area contributed by atoms with Gasteiger partial charge in [-0.05, 0) is 43.3 Å². The van der Waals surface area contributed by atoms with Crippen LogP contribution in [0.25, 0.3) is 6.08 Å². The fourth-order valence-electron chi connectivity index (χ4n) is 1.90. The first-order valence-corrected chi connectivity index (χ1v) is 7.02. The van der Waals surface area contributed by atoms with Crippen LogP contribution in [0.15, 0.2) is 53.0 Å². The van der Waals surface area contributed by atoms with Crippen molar-refractivity contribution in [1.29, 1.82) is 0 Å². The lowest BCUT2D eigenvalue weighted by molar-refractivity contribution is 0.104. The monoisotopic (exact) mass is 330 g/mol. The van der Waals surface area contributed by atoms with Crippen LogP contribution in [-0.2, 0) is 0 Å². The summed E-state index contributed by atoms with van der Waals surface area (Å²) in [5.74, 6) is 0.720. The SMILES string of the molecule is COc1ccc(Br)cc1/C=C/C(=O)c1cccc(C)c1. The lowest BCUT2D eigenvalue weighted by atomic mass is 10.1. The molecule has 3 heteroatoms. The molecule has 0 heterocycles. The Kier molecular flexibility index (Phi) is 4.74. The molecule has 2 rings (SSSR count). The molecule has 0 bridgehead atoms. The molecule has 2 aromatic rings. The lowest BCUT2D eigenvalue weighted by Crippen LogP contribution is -1.94. The van der Waals surface area contributed by atoms with Crippen LogP contribution in [0.5, 0.6) is 5.75 Å². The average Bonchev–Trinajstić information content (AvgIpc) is 2.45. The second-order valence-corrected chi connectivity index (χ2v) is 5.37. The van der Waals surface area contributed by atoms with Crippen LogP contribution < -0.4 is 4.74 Å².